The summed E-state index contributed by atoms with van der Waals surface area (Å²) in [6, 6.07) is 5.90. The van der Waals surface area contributed by atoms with E-state index in [2.05, 4.69) is 10.3 Å². The van der Waals surface area contributed by atoms with Crippen molar-refractivity contribution in [2.75, 3.05) is 0 Å². The Balaban J connectivity index is 1.85. The summed E-state index contributed by atoms with van der Waals surface area (Å²) in [5.41, 5.74) is 2.06. The van der Waals surface area contributed by atoms with Crippen LogP contribution in [0, 0.1) is 12.7 Å². The zero-order chi connectivity index (χ0) is 16.4. The number of carbonyl (C=O) groups excluding carboxylic acids is 1. The third kappa shape index (κ3) is 3.45. The van der Waals surface area contributed by atoms with E-state index in [4.69, 9.17) is 4.74 Å². The van der Waals surface area contributed by atoms with E-state index in [0.29, 0.717) is 23.5 Å². The molecule has 23 heavy (non-hydrogen) atoms. The molecule has 7 heteroatoms. The third-order valence-electron chi connectivity index (χ3n) is 3.61. The maximum atomic E-state index is 13.0. The molecule has 0 spiro atoms. The Morgan fingerprint density at radius 1 is 1.39 bits per heavy atom. The fraction of sp³-hybridized carbons (Fsp3) is 0.312. The third-order valence-corrected chi connectivity index (χ3v) is 3.61. The largest absolute Gasteiger partial charge is 0.458 e. The Kier molecular flexibility index (Phi) is 4.20. The number of aryl methyl sites for hydroxylation is 1. The highest BCUT2D eigenvalue weighted by atomic mass is 19.1. The lowest BCUT2D eigenvalue weighted by Crippen LogP contribution is -2.31. The maximum Gasteiger partial charge on any atom is 0.309 e. The average molecular weight is 317 g/mol. The second-order valence-electron chi connectivity index (χ2n) is 5.43. The van der Waals surface area contributed by atoms with E-state index >= 15 is 0 Å². The van der Waals surface area contributed by atoms with Gasteiger partial charge in [0.1, 0.15) is 11.9 Å². The Labute approximate surface area is 132 Å². The number of carbonyl (C=O) groups is 1. The highest BCUT2D eigenvalue weighted by Gasteiger charge is 2.25. The van der Waals surface area contributed by atoms with Gasteiger partial charge in [-0.1, -0.05) is 5.21 Å². The van der Waals surface area contributed by atoms with Crippen LogP contribution in [0.2, 0.25) is 0 Å². The van der Waals surface area contributed by atoms with Crippen LogP contribution in [0.4, 0.5) is 4.39 Å². The van der Waals surface area contributed by atoms with Gasteiger partial charge in [0.25, 0.3) is 0 Å². The molecular formula is C16H16FN3O3. The molecule has 0 saturated carbocycles. The van der Waals surface area contributed by atoms with Gasteiger partial charge in [0.05, 0.1) is 29.6 Å². The fourth-order valence-corrected chi connectivity index (χ4v) is 2.45. The average Bonchev–Trinajstić information content (AvgIpc) is 2.86. The van der Waals surface area contributed by atoms with E-state index in [-0.39, 0.29) is 12.2 Å². The summed E-state index contributed by atoms with van der Waals surface area (Å²) < 4.78 is 19.8. The van der Waals surface area contributed by atoms with Gasteiger partial charge in [-0.2, -0.15) is 0 Å². The smallest absolute Gasteiger partial charge is 0.309 e. The molecule has 0 bridgehead atoms. The minimum Gasteiger partial charge on any atom is -0.458 e. The fourth-order valence-electron chi connectivity index (χ4n) is 2.45. The minimum atomic E-state index is -0.688. The predicted octanol–water partition coefficient (Wildman–Crippen LogP) is 1.79. The van der Waals surface area contributed by atoms with Crippen LogP contribution in [0.25, 0.3) is 11.8 Å². The monoisotopic (exact) mass is 317 g/mol. The molecule has 3 rings (SSSR count). The summed E-state index contributed by atoms with van der Waals surface area (Å²) in [5, 5.41) is 17.7. The number of hydrogen-bond acceptors (Lipinski definition) is 5. The topological polar surface area (TPSA) is 77.2 Å². The summed E-state index contributed by atoms with van der Waals surface area (Å²) in [6.45, 7) is 1.80. The molecule has 1 N–H and O–H groups in total. The SMILES string of the molecule is Cc1nnn(-c2ccc(F)cc2)c1C=CC1CC(O)CC(=O)O1. The van der Waals surface area contributed by atoms with Crippen molar-refractivity contribution in [1.29, 1.82) is 0 Å². The molecule has 120 valence electrons. The van der Waals surface area contributed by atoms with Crippen molar-refractivity contribution in [2.45, 2.75) is 32.0 Å². The Hall–Kier alpha value is -2.54. The number of ether oxygens (including phenoxy) is 1. The molecule has 0 amide bonds. The van der Waals surface area contributed by atoms with E-state index in [1.54, 1.807) is 35.9 Å². The zero-order valence-corrected chi connectivity index (χ0v) is 12.5. The maximum absolute atomic E-state index is 13.0. The lowest BCUT2D eigenvalue weighted by molar-refractivity contribution is -0.156. The van der Waals surface area contributed by atoms with Crippen LogP contribution in [-0.4, -0.2) is 38.3 Å². The quantitative estimate of drug-likeness (QED) is 0.873. The molecule has 0 aliphatic carbocycles. The number of cyclic esters (lactones) is 1. The second kappa shape index (κ2) is 6.29. The summed E-state index contributed by atoms with van der Waals surface area (Å²) in [4.78, 5) is 11.4. The lowest BCUT2D eigenvalue weighted by Gasteiger charge is -2.23. The molecule has 2 heterocycles. The van der Waals surface area contributed by atoms with Crippen LogP contribution in [0.1, 0.15) is 24.2 Å². The van der Waals surface area contributed by atoms with Crippen LogP contribution in [-0.2, 0) is 9.53 Å². The Morgan fingerprint density at radius 2 is 2.13 bits per heavy atom. The standard InChI is InChI=1S/C16H16FN3O3/c1-10-15(7-6-14-8-13(21)9-16(22)23-14)20(19-18-10)12-4-2-11(17)3-5-12/h2-7,13-14,21H,8-9H2,1H3. The zero-order valence-electron chi connectivity index (χ0n) is 12.5. The van der Waals surface area contributed by atoms with Crippen molar-refractivity contribution in [3.05, 3.63) is 47.5 Å². The van der Waals surface area contributed by atoms with Crippen LogP contribution in [0.5, 0.6) is 0 Å². The summed E-state index contributed by atoms with van der Waals surface area (Å²) in [5.74, 6) is -0.744. The highest BCUT2D eigenvalue weighted by Crippen LogP contribution is 2.19. The van der Waals surface area contributed by atoms with Gasteiger partial charge in [0.2, 0.25) is 0 Å². The number of nitrogens with zero attached hydrogens (tertiary/aromatic N) is 3. The Morgan fingerprint density at radius 3 is 2.83 bits per heavy atom. The summed E-state index contributed by atoms with van der Waals surface area (Å²) in [7, 11) is 0. The summed E-state index contributed by atoms with van der Waals surface area (Å²) >= 11 is 0. The van der Waals surface area contributed by atoms with Crippen LogP contribution >= 0.6 is 0 Å². The first-order chi connectivity index (χ1) is 11.0. The molecule has 1 aromatic heterocycles. The van der Waals surface area contributed by atoms with Crippen molar-refractivity contribution in [2.24, 2.45) is 0 Å². The first kappa shape index (κ1) is 15.4. The number of halogens is 1. The number of benzene rings is 1. The molecule has 2 atom stereocenters. The van der Waals surface area contributed by atoms with Gasteiger partial charge < -0.3 is 9.84 Å². The van der Waals surface area contributed by atoms with Gasteiger partial charge in [-0.15, -0.1) is 5.10 Å². The van der Waals surface area contributed by atoms with Gasteiger partial charge in [-0.3, -0.25) is 4.79 Å². The molecular weight excluding hydrogens is 301 g/mol. The second-order valence-corrected chi connectivity index (χ2v) is 5.43. The molecule has 6 nitrogen and oxygen atoms in total. The van der Waals surface area contributed by atoms with Crippen molar-refractivity contribution >= 4 is 12.0 Å². The molecule has 2 unspecified atom stereocenters. The van der Waals surface area contributed by atoms with Crippen molar-refractivity contribution in [3.8, 4) is 5.69 Å². The molecule has 1 aromatic carbocycles. The normalized spacial score (nSPS) is 21.6. The summed E-state index contributed by atoms with van der Waals surface area (Å²) in [6.07, 6.45) is 2.66. The molecule has 1 saturated heterocycles. The van der Waals surface area contributed by atoms with E-state index in [1.165, 1.54) is 12.1 Å². The first-order valence-electron chi connectivity index (χ1n) is 7.27. The number of aliphatic hydroxyl groups excluding tert-OH is 1. The Bertz CT molecular complexity index is 740. The predicted molar refractivity (Wildman–Crippen MR) is 80.2 cm³/mol. The first-order valence-corrected chi connectivity index (χ1v) is 7.27. The van der Waals surface area contributed by atoms with E-state index < -0.39 is 18.2 Å². The number of hydrogen-bond donors (Lipinski definition) is 1. The van der Waals surface area contributed by atoms with Crippen molar-refractivity contribution < 1.29 is 19.0 Å². The van der Waals surface area contributed by atoms with Crippen molar-refractivity contribution in [3.63, 3.8) is 0 Å². The number of rotatable bonds is 3. The molecule has 1 aliphatic heterocycles. The van der Waals surface area contributed by atoms with Crippen LogP contribution in [0.3, 0.4) is 0 Å². The van der Waals surface area contributed by atoms with Crippen LogP contribution < -0.4 is 0 Å². The molecule has 1 aliphatic rings. The molecule has 2 aromatic rings. The van der Waals surface area contributed by atoms with Gasteiger partial charge in [0.15, 0.2) is 0 Å². The number of aromatic nitrogens is 3. The van der Waals surface area contributed by atoms with E-state index in [1.807, 2.05) is 0 Å². The molecule has 0 radical (unpaired) electrons. The van der Waals surface area contributed by atoms with Crippen molar-refractivity contribution in [1.82, 2.24) is 15.0 Å². The van der Waals surface area contributed by atoms with Gasteiger partial charge in [-0.25, -0.2) is 9.07 Å². The van der Waals surface area contributed by atoms with Gasteiger partial charge >= 0.3 is 5.97 Å². The lowest BCUT2D eigenvalue weighted by atomic mass is 10.0. The van der Waals surface area contributed by atoms with Crippen LogP contribution in [0.15, 0.2) is 30.3 Å². The van der Waals surface area contributed by atoms with E-state index in [9.17, 15) is 14.3 Å². The van der Waals surface area contributed by atoms with Gasteiger partial charge in [0, 0.05) is 6.42 Å². The highest BCUT2D eigenvalue weighted by molar-refractivity contribution is 5.71. The molecule has 1 fully saturated rings. The number of esters is 1. The minimum absolute atomic E-state index is 0.0262. The van der Waals surface area contributed by atoms with E-state index in [0.717, 1.165) is 0 Å². The van der Waals surface area contributed by atoms with Gasteiger partial charge in [-0.05, 0) is 43.3 Å². The number of aliphatic hydroxyl groups is 1.